The minimum Gasteiger partial charge on any atom is -0.398 e. The van der Waals surface area contributed by atoms with E-state index in [0.29, 0.717) is 0 Å². The van der Waals surface area contributed by atoms with E-state index < -0.39 is 0 Å². The van der Waals surface area contributed by atoms with Gasteiger partial charge >= 0.3 is 0 Å². The number of hydrogen-bond donors (Lipinski definition) is 2. The van der Waals surface area contributed by atoms with Crippen molar-refractivity contribution in [2.45, 2.75) is 27.7 Å². The van der Waals surface area contributed by atoms with E-state index in [1.807, 2.05) is 45.9 Å². The third kappa shape index (κ3) is 1.96. The summed E-state index contributed by atoms with van der Waals surface area (Å²) < 4.78 is 0. The maximum absolute atomic E-state index is 5.96. The van der Waals surface area contributed by atoms with Crippen molar-refractivity contribution in [2.75, 3.05) is 11.5 Å². The molecule has 0 heterocycles. The largest absolute Gasteiger partial charge is 0.398 e. The lowest BCUT2D eigenvalue weighted by Gasteiger charge is -2.10. The van der Waals surface area contributed by atoms with Crippen molar-refractivity contribution in [2.24, 2.45) is 0 Å². The van der Waals surface area contributed by atoms with Gasteiger partial charge in [-0.2, -0.15) is 0 Å². The first-order valence-electron chi connectivity index (χ1n) is 5.65. The molecule has 4 N–H and O–H groups in total. The summed E-state index contributed by atoms with van der Waals surface area (Å²) in [6, 6.07) is 7.97. The highest BCUT2D eigenvalue weighted by molar-refractivity contribution is 5.98. The highest BCUT2D eigenvalue weighted by Gasteiger charge is 2.05. The van der Waals surface area contributed by atoms with Crippen LogP contribution in [0.25, 0.3) is 10.8 Å². The molecule has 2 nitrogen and oxygen atoms in total. The molecule has 0 aliphatic heterocycles. The number of hydrogen-bond acceptors (Lipinski definition) is 2. The molecule has 0 saturated carbocycles. The highest BCUT2D eigenvalue weighted by Crippen LogP contribution is 2.30. The Hall–Kier alpha value is -1.70. The van der Waals surface area contributed by atoms with Gasteiger partial charge in [-0.05, 0) is 42.5 Å². The third-order valence-corrected chi connectivity index (χ3v) is 2.73. The van der Waals surface area contributed by atoms with Crippen LogP contribution < -0.4 is 11.5 Å². The summed E-state index contributed by atoms with van der Waals surface area (Å²) >= 11 is 0. The minimum atomic E-state index is 0.814. The second-order valence-corrected chi connectivity index (χ2v) is 3.67. The van der Waals surface area contributed by atoms with Gasteiger partial charge in [0.1, 0.15) is 0 Å². The van der Waals surface area contributed by atoms with Gasteiger partial charge in [0.2, 0.25) is 0 Å². The second kappa shape index (κ2) is 4.88. The fourth-order valence-electron chi connectivity index (χ4n) is 1.81. The average Bonchev–Trinajstić information content (AvgIpc) is 2.31. The molecule has 86 valence electrons. The van der Waals surface area contributed by atoms with Gasteiger partial charge < -0.3 is 11.5 Å². The van der Waals surface area contributed by atoms with Gasteiger partial charge in [0.25, 0.3) is 0 Å². The maximum atomic E-state index is 5.96. The fraction of sp³-hybridized carbons (Fsp3) is 0.286. The molecule has 0 unspecified atom stereocenters. The molecule has 0 bridgehead atoms. The van der Waals surface area contributed by atoms with Crippen molar-refractivity contribution < 1.29 is 0 Å². The van der Waals surface area contributed by atoms with E-state index in [-0.39, 0.29) is 0 Å². The van der Waals surface area contributed by atoms with Crippen molar-refractivity contribution >= 4 is 22.1 Å². The minimum absolute atomic E-state index is 0.814. The van der Waals surface area contributed by atoms with Crippen LogP contribution in [0.1, 0.15) is 25.0 Å². The molecule has 2 heteroatoms. The van der Waals surface area contributed by atoms with Crippen molar-refractivity contribution in [1.82, 2.24) is 0 Å². The molecule has 16 heavy (non-hydrogen) atoms. The van der Waals surface area contributed by atoms with Crippen LogP contribution in [-0.2, 0) is 0 Å². The van der Waals surface area contributed by atoms with Crippen molar-refractivity contribution in [1.29, 1.82) is 0 Å². The smallest absolute Gasteiger partial charge is 0.0393 e. The van der Waals surface area contributed by atoms with Crippen LogP contribution in [0.2, 0.25) is 0 Å². The summed E-state index contributed by atoms with van der Waals surface area (Å²) in [5.41, 5.74) is 15.7. The summed E-state index contributed by atoms with van der Waals surface area (Å²) in [6.07, 6.45) is 0. The average molecular weight is 216 g/mol. The monoisotopic (exact) mass is 216 g/mol. The quantitative estimate of drug-likeness (QED) is 0.660. The Morgan fingerprint density at radius 3 is 2.19 bits per heavy atom. The molecule has 2 rings (SSSR count). The molecule has 0 atom stereocenters. The number of benzene rings is 2. The predicted octanol–water partition coefficient (Wildman–Crippen LogP) is 3.65. The summed E-state index contributed by atoms with van der Waals surface area (Å²) in [5, 5.41) is 2.24. The molecule has 0 aliphatic rings. The van der Waals surface area contributed by atoms with E-state index in [9.17, 15) is 0 Å². The van der Waals surface area contributed by atoms with Crippen LogP contribution >= 0.6 is 0 Å². The number of anilines is 2. The SMILES string of the molecule is CC.Cc1cc2c(N)cccc2c(C)c1N. The van der Waals surface area contributed by atoms with Crippen LogP contribution in [-0.4, -0.2) is 0 Å². The van der Waals surface area contributed by atoms with E-state index in [4.69, 9.17) is 11.5 Å². The normalized spacial score (nSPS) is 9.75. The van der Waals surface area contributed by atoms with Crippen LogP contribution in [0.5, 0.6) is 0 Å². The molecule has 0 saturated heterocycles. The van der Waals surface area contributed by atoms with Crippen LogP contribution in [0.4, 0.5) is 11.4 Å². The Kier molecular flexibility index (Phi) is 3.78. The van der Waals surface area contributed by atoms with Crippen LogP contribution in [0, 0.1) is 13.8 Å². The van der Waals surface area contributed by atoms with E-state index >= 15 is 0 Å². The van der Waals surface area contributed by atoms with Crippen LogP contribution in [0.3, 0.4) is 0 Å². The lowest BCUT2D eigenvalue weighted by molar-refractivity contribution is 1.43. The van der Waals surface area contributed by atoms with Gasteiger partial charge in [0.05, 0.1) is 0 Å². The first-order valence-corrected chi connectivity index (χ1v) is 5.65. The van der Waals surface area contributed by atoms with Gasteiger partial charge in [-0.1, -0.05) is 26.0 Å². The zero-order valence-corrected chi connectivity index (χ0v) is 10.5. The zero-order chi connectivity index (χ0) is 12.3. The molecule has 2 aromatic rings. The molecular weight excluding hydrogens is 196 g/mol. The number of nitrogen functional groups attached to an aromatic ring is 2. The van der Waals surface area contributed by atoms with Gasteiger partial charge in [-0.15, -0.1) is 0 Å². The molecule has 0 aliphatic carbocycles. The number of rotatable bonds is 0. The van der Waals surface area contributed by atoms with Crippen LogP contribution in [0.15, 0.2) is 24.3 Å². The fourth-order valence-corrected chi connectivity index (χ4v) is 1.81. The Morgan fingerprint density at radius 2 is 1.56 bits per heavy atom. The number of aryl methyl sites for hydroxylation is 2. The molecule has 0 aromatic heterocycles. The Balaban J connectivity index is 0.000000606. The summed E-state index contributed by atoms with van der Waals surface area (Å²) in [7, 11) is 0. The summed E-state index contributed by atoms with van der Waals surface area (Å²) in [4.78, 5) is 0. The van der Waals surface area contributed by atoms with E-state index in [0.717, 1.165) is 33.3 Å². The Bertz CT molecular complexity index is 502. The van der Waals surface area contributed by atoms with Crippen molar-refractivity contribution in [3.8, 4) is 0 Å². The van der Waals surface area contributed by atoms with E-state index in [1.54, 1.807) is 0 Å². The van der Waals surface area contributed by atoms with E-state index in [1.165, 1.54) is 0 Å². The first-order chi connectivity index (χ1) is 7.61. The van der Waals surface area contributed by atoms with Gasteiger partial charge in [0.15, 0.2) is 0 Å². The molecule has 0 spiro atoms. The Morgan fingerprint density at radius 1 is 0.938 bits per heavy atom. The lowest BCUT2D eigenvalue weighted by atomic mass is 9.99. The van der Waals surface area contributed by atoms with E-state index in [2.05, 4.69) is 6.07 Å². The molecule has 0 fully saturated rings. The van der Waals surface area contributed by atoms with Crippen molar-refractivity contribution in [3.05, 3.63) is 35.4 Å². The molecular formula is C14H20N2. The molecule has 2 aromatic carbocycles. The standard InChI is InChI=1S/C12H14N2.C2H6/c1-7-6-10-9(8(2)12(7)14)4-3-5-11(10)13;1-2/h3-6H,13-14H2,1-2H3;1-2H3. The lowest BCUT2D eigenvalue weighted by Crippen LogP contribution is -1.96. The zero-order valence-electron chi connectivity index (χ0n) is 10.5. The molecule has 0 amide bonds. The maximum Gasteiger partial charge on any atom is 0.0393 e. The summed E-state index contributed by atoms with van der Waals surface area (Å²) in [5.74, 6) is 0. The Labute approximate surface area is 97.3 Å². The summed E-state index contributed by atoms with van der Waals surface area (Å²) in [6.45, 7) is 8.04. The second-order valence-electron chi connectivity index (χ2n) is 3.67. The topological polar surface area (TPSA) is 52.0 Å². The highest BCUT2D eigenvalue weighted by atomic mass is 14.6. The first kappa shape index (κ1) is 12.4. The predicted molar refractivity (Wildman–Crippen MR) is 73.6 cm³/mol. The van der Waals surface area contributed by atoms with Gasteiger partial charge in [-0.25, -0.2) is 0 Å². The van der Waals surface area contributed by atoms with Crippen molar-refractivity contribution in [3.63, 3.8) is 0 Å². The molecule has 0 radical (unpaired) electrons. The van der Waals surface area contributed by atoms with Gasteiger partial charge in [0, 0.05) is 16.8 Å². The third-order valence-electron chi connectivity index (χ3n) is 2.73. The van der Waals surface area contributed by atoms with Gasteiger partial charge in [-0.3, -0.25) is 0 Å². The number of fused-ring (bicyclic) bond motifs is 1. The number of nitrogens with two attached hydrogens (primary N) is 2.